The minimum Gasteiger partial charge on any atom is -0.357 e. The topological polar surface area (TPSA) is 83.0 Å². The predicted octanol–water partition coefficient (Wildman–Crippen LogP) is 4.27. The number of rotatable bonds is 6. The van der Waals surface area contributed by atoms with Crippen molar-refractivity contribution in [2.75, 3.05) is 30.4 Å². The predicted molar refractivity (Wildman–Crippen MR) is 123 cm³/mol. The lowest BCUT2D eigenvalue weighted by molar-refractivity contribution is -0.138. The van der Waals surface area contributed by atoms with Crippen LogP contribution in [0.3, 0.4) is 0 Å². The van der Waals surface area contributed by atoms with Crippen LogP contribution >= 0.6 is 0 Å². The van der Waals surface area contributed by atoms with Crippen molar-refractivity contribution in [3.8, 4) is 11.4 Å². The van der Waals surface area contributed by atoms with E-state index in [1.165, 1.54) is 24.3 Å². The second-order valence-electron chi connectivity index (χ2n) is 8.15. The maximum atomic E-state index is 14.3. The maximum absolute atomic E-state index is 14.3. The second-order valence-corrected chi connectivity index (χ2v) is 8.15. The van der Waals surface area contributed by atoms with Crippen LogP contribution in [0.25, 0.3) is 11.4 Å². The first kappa shape index (κ1) is 24.4. The second kappa shape index (κ2) is 10.2. The fourth-order valence-corrected chi connectivity index (χ4v) is 4.00. The van der Waals surface area contributed by atoms with Crippen molar-refractivity contribution in [2.24, 2.45) is 5.92 Å². The molecule has 0 saturated carbocycles. The number of benzene rings is 2. The Labute approximate surface area is 199 Å². The molecule has 0 atom stereocenters. The smallest absolute Gasteiger partial charge is 0.357 e. The lowest BCUT2D eigenvalue weighted by Gasteiger charge is -2.31. The quantitative estimate of drug-likeness (QED) is 0.505. The highest BCUT2D eigenvalue weighted by molar-refractivity contribution is 5.79. The van der Waals surface area contributed by atoms with Gasteiger partial charge in [-0.05, 0) is 36.6 Å². The number of nitrogens with one attached hydrogen (secondary N) is 2. The van der Waals surface area contributed by atoms with Gasteiger partial charge in [-0.15, -0.1) is 0 Å². The van der Waals surface area contributed by atoms with Gasteiger partial charge in [-0.2, -0.15) is 28.1 Å². The average Bonchev–Trinajstić information content (AvgIpc) is 2.87. The number of piperidine rings is 1. The number of alkyl halides is 3. The number of aromatic nitrogens is 3. The molecule has 1 aromatic heterocycles. The summed E-state index contributed by atoms with van der Waals surface area (Å²) in [4.78, 5) is 27.6. The van der Waals surface area contributed by atoms with Gasteiger partial charge in [-0.25, -0.2) is 4.39 Å². The molecule has 184 valence electrons. The molecule has 1 saturated heterocycles. The summed E-state index contributed by atoms with van der Waals surface area (Å²) in [5.74, 6) is -0.243. The molecule has 11 heteroatoms. The number of hydrogen-bond acceptors (Lipinski definition) is 6. The number of nitrogens with zero attached hydrogens (tertiary/aromatic N) is 4. The number of amides is 1. The van der Waals surface area contributed by atoms with Gasteiger partial charge in [-0.1, -0.05) is 30.3 Å². The molecule has 4 rings (SSSR count). The van der Waals surface area contributed by atoms with Crippen molar-refractivity contribution in [1.29, 1.82) is 0 Å². The van der Waals surface area contributed by atoms with Gasteiger partial charge in [0.2, 0.25) is 17.8 Å². The number of carbonyl (C=O) groups is 1. The lowest BCUT2D eigenvalue weighted by atomic mass is 9.96. The van der Waals surface area contributed by atoms with Crippen molar-refractivity contribution >= 4 is 17.8 Å². The Morgan fingerprint density at radius 3 is 2.40 bits per heavy atom. The maximum Gasteiger partial charge on any atom is 0.416 e. The van der Waals surface area contributed by atoms with E-state index >= 15 is 0 Å². The monoisotopic (exact) mass is 488 g/mol. The molecular formula is C24H24F4N6O. The summed E-state index contributed by atoms with van der Waals surface area (Å²) in [6.45, 7) is 0.724. The molecule has 0 radical (unpaired) electrons. The Hall–Kier alpha value is -3.76. The first-order valence-corrected chi connectivity index (χ1v) is 11.1. The first-order chi connectivity index (χ1) is 16.8. The van der Waals surface area contributed by atoms with Crippen LogP contribution in [0.1, 0.15) is 24.0 Å². The van der Waals surface area contributed by atoms with Crippen LogP contribution in [-0.2, 0) is 17.5 Å². The molecule has 3 aromatic rings. The van der Waals surface area contributed by atoms with Gasteiger partial charge in [-0.3, -0.25) is 4.79 Å². The van der Waals surface area contributed by atoms with E-state index in [1.807, 2.05) is 4.90 Å². The van der Waals surface area contributed by atoms with E-state index in [1.54, 1.807) is 25.2 Å². The van der Waals surface area contributed by atoms with Gasteiger partial charge in [0.05, 0.1) is 11.1 Å². The standard InChI is InChI=1S/C24H24F4N6O/c1-29-22-31-20(17-7-3-5-9-19(17)25)32-23(33-22)34-12-10-15(11-13-34)21(35)30-14-16-6-2-4-8-18(16)24(26,27)28/h2-9,15H,10-14H2,1H3,(H,30,35)(H,29,31,32,33). The molecule has 1 aliphatic heterocycles. The number of halogens is 4. The van der Waals surface area contributed by atoms with Crippen molar-refractivity contribution in [3.05, 3.63) is 65.5 Å². The molecule has 0 aliphatic carbocycles. The van der Waals surface area contributed by atoms with Crippen molar-refractivity contribution in [2.45, 2.75) is 25.6 Å². The van der Waals surface area contributed by atoms with Crippen LogP contribution in [0, 0.1) is 11.7 Å². The molecule has 2 N–H and O–H groups in total. The Morgan fingerprint density at radius 1 is 1.03 bits per heavy atom. The Balaban J connectivity index is 1.41. The first-order valence-electron chi connectivity index (χ1n) is 11.1. The number of anilines is 2. The van der Waals surface area contributed by atoms with Gasteiger partial charge >= 0.3 is 6.18 Å². The molecular weight excluding hydrogens is 464 g/mol. The highest BCUT2D eigenvalue weighted by Gasteiger charge is 2.33. The van der Waals surface area contributed by atoms with Crippen LogP contribution in [0.15, 0.2) is 48.5 Å². The summed E-state index contributed by atoms with van der Waals surface area (Å²) < 4.78 is 53.8. The zero-order valence-corrected chi connectivity index (χ0v) is 18.9. The minimum absolute atomic E-state index is 0.0243. The minimum atomic E-state index is -4.48. The van der Waals surface area contributed by atoms with E-state index in [2.05, 4.69) is 25.6 Å². The molecule has 1 amide bonds. The molecule has 2 heterocycles. The summed E-state index contributed by atoms with van der Waals surface area (Å²) in [7, 11) is 1.65. The molecule has 0 spiro atoms. The SMILES string of the molecule is CNc1nc(-c2ccccc2F)nc(N2CCC(C(=O)NCc3ccccc3C(F)(F)F)CC2)n1. The normalized spacial score (nSPS) is 14.6. The van der Waals surface area contributed by atoms with E-state index in [9.17, 15) is 22.4 Å². The van der Waals surface area contributed by atoms with Gasteiger partial charge in [0.25, 0.3) is 0 Å². The summed E-state index contributed by atoms with van der Waals surface area (Å²) in [5.41, 5.74) is -0.478. The van der Waals surface area contributed by atoms with E-state index in [0.29, 0.717) is 31.9 Å². The molecule has 35 heavy (non-hydrogen) atoms. The van der Waals surface area contributed by atoms with E-state index < -0.39 is 17.6 Å². The summed E-state index contributed by atoms with van der Waals surface area (Å²) >= 11 is 0. The lowest BCUT2D eigenvalue weighted by Crippen LogP contribution is -2.41. The average molecular weight is 488 g/mol. The van der Waals surface area contributed by atoms with E-state index in [4.69, 9.17) is 0 Å². The largest absolute Gasteiger partial charge is 0.416 e. The van der Waals surface area contributed by atoms with Gasteiger partial charge in [0.1, 0.15) is 5.82 Å². The fraction of sp³-hybridized carbons (Fsp3) is 0.333. The summed E-state index contributed by atoms with van der Waals surface area (Å²) in [6.07, 6.45) is -3.53. The Bertz CT molecular complexity index is 1190. The molecule has 1 aliphatic rings. The van der Waals surface area contributed by atoms with Crippen molar-refractivity contribution < 1.29 is 22.4 Å². The van der Waals surface area contributed by atoms with E-state index in [0.717, 1.165) is 6.07 Å². The molecule has 0 bridgehead atoms. The highest BCUT2D eigenvalue weighted by Crippen LogP contribution is 2.32. The number of hydrogen-bond donors (Lipinski definition) is 2. The van der Waals surface area contributed by atoms with Crippen LogP contribution in [-0.4, -0.2) is 41.0 Å². The fourth-order valence-electron chi connectivity index (χ4n) is 4.00. The zero-order chi connectivity index (χ0) is 25.0. The van der Waals surface area contributed by atoms with Crippen molar-refractivity contribution in [3.63, 3.8) is 0 Å². The van der Waals surface area contributed by atoms with E-state index in [-0.39, 0.29) is 41.3 Å². The third-order valence-corrected chi connectivity index (χ3v) is 5.89. The molecule has 2 aromatic carbocycles. The van der Waals surface area contributed by atoms with Crippen LogP contribution < -0.4 is 15.5 Å². The summed E-state index contributed by atoms with van der Waals surface area (Å²) in [5, 5.41) is 5.50. The number of carbonyl (C=O) groups excluding carboxylic acids is 1. The molecule has 0 unspecified atom stereocenters. The molecule has 1 fully saturated rings. The Morgan fingerprint density at radius 2 is 1.71 bits per heavy atom. The van der Waals surface area contributed by atoms with Gasteiger partial charge < -0.3 is 15.5 Å². The summed E-state index contributed by atoms with van der Waals surface area (Å²) in [6, 6.07) is 11.4. The van der Waals surface area contributed by atoms with Crippen LogP contribution in [0.2, 0.25) is 0 Å². The highest BCUT2D eigenvalue weighted by atomic mass is 19.4. The van der Waals surface area contributed by atoms with Crippen LogP contribution in [0.5, 0.6) is 0 Å². The zero-order valence-electron chi connectivity index (χ0n) is 18.9. The van der Waals surface area contributed by atoms with Crippen molar-refractivity contribution in [1.82, 2.24) is 20.3 Å². The molecule has 7 nitrogen and oxygen atoms in total. The van der Waals surface area contributed by atoms with Crippen LogP contribution in [0.4, 0.5) is 29.5 Å². The third kappa shape index (κ3) is 5.67. The Kier molecular flexibility index (Phi) is 7.13. The van der Waals surface area contributed by atoms with Gasteiger partial charge in [0.15, 0.2) is 5.82 Å². The van der Waals surface area contributed by atoms with Gasteiger partial charge in [0, 0.05) is 32.6 Å². The third-order valence-electron chi connectivity index (χ3n) is 5.89.